The molecule has 1 amide bonds. The van der Waals surface area contributed by atoms with E-state index >= 15 is 0 Å². The summed E-state index contributed by atoms with van der Waals surface area (Å²) in [6.07, 6.45) is 4.02. The Morgan fingerprint density at radius 1 is 1.06 bits per heavy atom. The molecule has 0 atom stereocenters. The molecule has 178 valence electrons. The fourth-order valence-electron chi connectivity index (χ4n) is 4.11. The van der Waals surface area contributed by atoms with Crippen LogP contribution in [0.5, 0.6) is 5.75 Å². The van der Waals surface area contributed by atoms with Crippen molar-refractivity contribution >= 4 is 27.3 Å². The maximum absolute atomic E-state index is 13.2. The Morgan fingerprint density at radius 2 is 1.82 bits per heavy atom. The van der Waals surface area contributed by atoms with Gasteiger partial charge in [-0.05, 0) is 79.3 Å². The molecule has 1 aliphatic heterocycles. The monoisotopic (exact) mass is 478 g/mol. The summed E-state index contributed by atoms with van der Waals surface area (Å²) in [5, 5.41) is 2.83. The van der Waals surface area contributed by atoms with Crippen LogP contribution in [0.15, 0.2) is 71.6 Å². The highest BCUT2D eigenvalue weighted by Gasteiger charge is 2.30. The SMILES string of the molecule is CCCCc1ccc(NC(=O)COc2ccc(S(=O)(=O)N3CCc4ccccc43)cc2C)cc1. The molecule has 3 aromatic rings. The number of carbonyl (C=O) groups excluding carboxylic acids is 1. The molecule has 0 aliphatic carbocycles. The number of rotatable bonds is 9. The van der Waals surface area contributed by atoms with Gasteiger partial charge in [0.15, 0.2) is 6.61 Å². The fraction of sp³-hybridized carbons (Fsp3) is 0.296. The lowest BCUT2D eigenvalue weighted by molar-refractivity contribution is -0.118. The molecular weight excluding hydrogens is 448 g/mol. The number of para-hydroxylation sites is 1. The topological polar surface area (TPSA) is 75.7 Å². The van der Waals surface area contributed by atoms with Crippen molar-refractivity contribution in [2.75, 3.05) is 22.8 Å². The third kappa shape index (κ3) is 5.25. The van der Waals surface area contributed by atoms with E-state index in [-0.39, 0.29) is 17.4 Å². The Balaban J connectivity index is 1.37. The third-order valence-corrected chi connectivity index (χ3v) is 7.80. The predicted octanol–water partition coefficient (Wildman–Crippen LogP) is 5.11. The second-order valence-corrected chi connectivity index (χ2v) is 10.4. The number of benzene rings is 3. The van der Waals surface area contributed by atoms with Crippen molar-refractivity contribution in [3.63, 3.8) is 0 Å². The summed E-state index contributed by atoms with van der Waals surface area (Å²) in [7, 11) is -3.67. The Hall–Kier alpha value is -3.32. The standard InChI is InChI=1S/C27H30N2O4S/c1-3-4-7-21-10-12-23(13-11-21)28-27(30)19-33-26-15-14-24(18-20(26)2)34(31,32)29-17-16-22-8-5-6-9-25(22)29/h5-6,8-15,18H,3-4,7,16-17,19H2,1-2H3,(H,28,30). The molecule has 4 rings (SSSR count). The maximum atomic E-state index is 13.2. The molecule has 0 saturated carbocycles. The number of carbonyl (C=O) groups is 1. The number of anilines is 2. The van der Waals surface area contributed by atoms with E-state index in [0.717, 1.165) is 36.2 Å². The van der Waals surface area contributed by atoms with Gasteiger partial charge in [-0.3, -0.25) is 9.10 Å². The van der Waals surface area contributed by atoms with Crippen molar-refractivity contribution in [3.05, 3.63) is 83.4 Å². The number of hydrogen-bond acceptors (Lipinski definition) is 4. The second kappa shape index (κ2) is 10.3. The predicted molar refractivity (Wildman–Crippen MR) is 135 cm³/mol. The molecule has 3 aromatic carbocycles. The van der Waals surface area contributed by atoms with E-state index in [4.69, 9.17) is 4.74 Å². The first-order valence-electron chi connectivity index (χ1n) is 11.6. The van der Waals surface area contributed by atoms with Crippen LogP contribution in [0.4, 0.5) is 11.4 Å². The van der Waals surface area contributed by atoms with Crippen LogP contribution in [0.3, 0.4) is 0 Å². The summed E-state index contributed by atoms with van der Waals surface area (Å²) in [6, 6.07) is 20.1. The van der Waals surface area contributed by atoms with Crippen LogP contribution >= 0.6 is 0 Å². The Bertz CT molecular complexity index is 1270. The van der Waals surface area contributed by atoms with Gasteiger partial charge in [-0.15, -0.1) is 0 Å². The normalized spacial score (nSPS) is 12.9. The Morgan fingerprint density at radius 3 is 2.56 bits per heavy atom. The van der Waals surface area contributed by atoms with Crippen molar-refractivity contribution in [1.82, 2.24) is 0 Å². The van der Waals surface area contributed by atoms with Gasteiger partial charge in [-0.25, -0.2) is 8.42 Å². The van der Waals surface area contributed by atoms with E-state index in [9.17, 15) is 13.2 Å². The Kier molecular flexibility index (Phi) is 7.22. The summed E-state index contributed by atoms with van der Waals surface area (Å²) >= 11 is 0. The lowest BCUT2D eigenvalue weighted by Crippen LogP contribution is -2.29. The van der Waals surface area contributed by atoms with E-state index in [1.807, 2.05) is 48.5 Å². The first-order valence-corrected chi connectivity index (χ1v) is 13.1. The van der Waals surface area contributed by atoms with Gasteiger partial charge < -0.3 is 10.1 Å². The number of unbranched alkanes of at least 4 members (excludes halogenated alkanes) is 1. The number of sulfonamides is 1. The highest BCUT2D eigenvalue weighted by molar-refractivity contribution is 7.92. The average Bonchev–Trinajstić information content (AvgIpc) is 3.28. The zero-order chi connectivity index (χ0) is 24.1. The zero-order valence-electron chi connectivity index (χ0n) is 19.6. The average molecular weight is 479 g/mol. The van der Waals surface area contributed by atoms with Crippen LogP contribution < -0.4 is 14.4 Å². The molecule has 0 unspecified atom stereocenters. The fourth-order valence-corrected chi connectivity index (χ4v) is 5.69. The van der Waals surface area contributed by atoms with Crippen LogP contribution in [0.25, 0.3) is 0 Å². The number of nitrogens with one attached hydrogen (secondary N) is 1. The summed E-state index contributed by atoms with van der Waals surface area (Å²) < 4.78 is 33.6. The number of ether oxygens (including phenoxy) is 1. The van der Waals surface area contributed by atoms with Crippen LogP contribution in [0.2, 0.25) is 0 Å². The number of fused-ring (bicyclic) bond motifs is 1. The quantitative estimate of drug-likeness (QED) is 0.464. The van der Waals surface area contributed by atoms with Crippen molar-refractivity contribution in [3.8, 4) is 5.75 Å². The molecule has 0 radical (unpaired) electrons. The van der Waals surface area contributed by atoms with Crippen molar-refractivity contribution in [2.45, 2.75) is 44.4 Å². The largest absolute Gasteiger partial charge is 0.483 e. The molecule has 34 heavy (non-hydrogen) atoms. The molecule has 7 heteroatoms. The van der Waals surface area contributed by atoms with Gasteiger partial charge in [0.1, 0.15) is 5.75 Å². The molecule has 0 spiro atoms. The highest BCUT2D eigenvalue weighted by atomic mass is 32.2. The van der Waals surface area contributed by atoms with Gasteiger partial charge >= 0.3 is 0 Å². The molecular formula is C27H30N2O4S. The first-order chi connectivity index (χ1) is 16.4. The molecule has 1 heterocycles. The minimum atomic E-state index is -3.67. The van der Waals surface area contributed by atoms with Gasteiger partial charge in [0.05, 0.1) is 10.6 Å². The van der Waals surface area contributed by atoms with Crippen LogP contribution in [-0.2, 0) is 27.7 Å². The second-order valence-electron chi connectivity index (χ2n) is 8.52. The van der Waals surface area contributed by atoms with E-state index in [1.54, 1.807) is 19.1 Å². The van der Waals surface area contributed by atoms with Gasteiger partial charge in [0, 0.05) is 12.2 Å². The van der Waals surface area contributed by atoms with Crippen LogP contribution in [0.1, 0.15) is 36.5 Å². The number of amides is 1. The molecule has 0 fully saturated rings. The molecule has 0 aromatic heterocycles. The summed E-state index contributed by atoms with van der Waals surface area (Å²) in [5.41, 5.74) is 4.39. The summed E-state index contributed by atoms with van der Waals surface area (Å²) in [5.74, 6) is 0.205. The van der Waals surface area contributed by atoms with Crippen molar-refractivity contribution in [2.24, 2.45) is 0 Å². The first kappa shape index (κ1) is 23.8. The lowest BCUT2D eigenvalue weighted by Gasteiger charge is -2.20. The summed E-state index contributed by atoms with van der Waals surface area (Å²) in [4.78, 5) is 12.5. The van der Waals surface area contributed by atoms with Crippen LogP contribution in [0, 0.1) is 6.92 Å². The van der Waals surface area contributed by atoms with Crippen molar-refractivity contribution in [1.29, 1.82) is 0 Å². The molecule has 6 nitrogen and oxygen atoms in total. The van der Waals surface area contributed by atoms with E-state index < -0.39 is 10.0 Å². The van der Waals surface area contributed by atoms with Gasteiger partial charge in [0.25, 0.3) is 15.9 Å². The summed E-state index contributed by atoms with van der Waals surface area (Å²) in [6.45, 7) is 4.21. The lowest BCUT2D eigenvalue weighted by atomic mass is 10.1. The van der Waals surface area contributed by atoms with Crippen molar-refractivity contribution < 1.29 is 17.9 Å². The number of hydrogen-bond donors (Lipinski definition) is 1. The minimum absolute atomic E-state index is 0.163. The minimum Gasteiger partial charge on any atom is -0.483 e. The van der Waals surface area contributed by atoms with E-state index in [1.165, 1.54) is 15.9 Å². The van der Waals surface area contributed by atoms with Gasteiger partial charge in [0.2, 0.25) is 0 Å². The third-order valence-electron chi connectivity index (χ3n) is 5.99. The van der Waals surface area contributed by atoms with E-state index in [2.05, 4.69) is 12.2 Å². The molecule has 0 bridgehead atoms. The number of aryl methyl sites for hydroxylation is 2. The molecule has 0 saturated heterocycles. The zero-order valence-corrected chi connectivity index (χ0v) is 20.4. The molecule has 1 N–H and O–H groups in total. The smallest absolute Gasteiger partial charge is 0.264 e. The van der Waals surface area contributed by atoms with Gasteiger partial charge in [-0.2, -0.15) is 0 Å². The van der Waals surface area contributed by atoms with Gasteiger partial charge in [-0.1, -0.05) is 43.7 Å². The maximum Gasteiger partial charge on any atom is 0.264 e. The van der Waals surface area contributed by atoms with Crippen LogP contribution in [-0.4, -0.2) is 27.5 Å². The highest BCUT2D eigenvalue weighted by Crippen LogP contribution is 2.33. The number of nitrogens with zero attached hydrogens (tertiary/aromatic N) is 1. The molecule has 1 aliphatic rings. The van der Waals surface area contributed by atoms with E-state index in [0.29, 0.717) is 24.3 Å². The Labute approximate surface area is 201 Å².